The summed E-state index contributed by atoms with van der Waals surface area (Å²) in [6.07, 6.45) is 0.741. The number of benzene rings is 2. The molecular formula is C31H33F3N8O2. The van der Waals surface area contributed by atoms with E-state index >= 15 is 0 Å². The van der Waals surface area contributed by atoms with Crippen molar-refractivity contribution >= 4 is 23.0 Å². The number of likely N-dealkylation sites (N-methyl/N-ethyl adjacent to an activating group) is 1. The number of aromatic nitrogens is 4. The molecule has 0 unspecified atom stereocenters. The molecule has 2 aromatic carbocycles. The van der Waals surface area contributed by atoms with Crippen molar-refractivity contribution in [3.63, 3.8) is 0 Å². The summed E-state index contributed by atoms with van der Waals surface area (Å²) in [5, 5.41) is 11.3. The number of morpholine rings is 1. The van der Waals surface area contributed by atoms with Crippen molar-refractivity contribution in [2.24, 2.45) is 0 Å². The standard InChI is InChI=1S/C31H33F3N8O2/c1-21-3-4-22(30(43)36-25-15-24(31(32,33)34)16-26(17-25)40-7-5-39(2)6-8-40)14-29(21)42-20-28(37-38-42)23-13-27(19-35-18-23)41-9-11-44-12-10-41/h3-4,13-20H,5-12H2,1-2H3,(H,36,43). The van der Waals surface area contributed by atoms with Gasteiger partial charge < -0.3 is 24.8 Å². The minimum absolute atomic E-state index is 0.0802. The maximum atomic E-state index is 13.8. The van der Waals surface area contributed by atoms with Gasteiger partial charge in [-0.25, -0.2) is 4.68 Å². The highest BCUT2D eigenvalue weighted by Gasteiger charge is 2.32. The Hall–Kier alpha value is -4.49. The number of piperazine rings is 1. The van der Waals surface area contributed by atoms with E-state index in [1.165, 1.54) is 0 Å². The number of carbonyl (C=O) groups is 1. The van der Waals surface area contributed by atoms with E-state index in [1.807, 2.05) is 31.1 Å². The highest BCUT2D eigenvalue weighted by atomic mass is 19.4. The number of anilines is 3. The smallest absolute Gasteiger partial charge is 0.378 e. The van der Waals surface area contributed by atoms with Crippen molar-refractivity contribution in [3.05, 3.63) is 77.7 Å². The van der Waals surface area contributed by atoms with Crippen molar-refractivity contribution in [2.75, 3.05) is 74.6 Å². The number of aryl methyl sites for hydroxylation is 1. The number of ether oxygens (including phenoxy) is 1. The number of alkyl halides is 3. The van der Waals surface area contributed by atoms with E-state index in [0.717, 1.165) is 55.1 Å². The highest BCUT2D eigenvalue weighted by Crippen LogP contribution is 2.35. The maximum absolute atomic E-state index is 13.8. The van der Waals surface area contributed by atoms with Gasteiger partial charge in [-0.3, -0.25) is 9.78 Å². The molecule has 10 nitrogen and oxygen atoms in total. The monoisotopic (exact) mass is 606 g/mol. The van der Waals surface area contributed by atoms with Crippen LogP contribution in [0.25, 0.3) is 16.9 Å². The van der Waals surface area contributed by atoms with Crippen LogP contribution in [0.2, 0.25) is 0 Å². The van der Waals surface area contributed by atoms with Gasteiger partial charge in [0.25, 0.3) is 5.91 Å². The normalized spacial score (nSPS) is 16.3. The summed E-state index contributed by atoms with van der Waals surface area (Å²) in [6.45, 7) is 7.44. The third-order valence-electron chi connectivity index (χ3n) is 7.98. The zero-order valence-electron chi connectivity index (χ0n) is 24.5. The first-order valence-electron chi connectivity index (χ1n) is 14.4. The molecule has 0 saturated carbocycles. The molecule has 230 valence electrons. The van der Waals surface area contributed by atoms with Crippen LogP contribution in [0.1, 0.15) is 21.5 Å². The minimum Gasteiger partial charge on any atom is -0.378 e. The van der Waals surface area contributed by atoms with Gasteiger partial charge in [-0.1, -0.05) is 11.3 Å². The molecule has 0 aliphatic carbocycles. The molecule has 2 aliphatic heterocycles. The third-order valence-corrected chi connectivity index (χ3v) is 7.98. The minimum atomic E-state index is -4.55. The summed E-state index contributed by atoms with van der Waals surface area (Å²) in [5.41, 5.74) is 3.82. The molecule has 2 fully saturated rings. The highest BCUT2D eigenvalue weighted by molar-refractivity contribution is 6.05. The summed E-state index contributed by atoms with van der Waals surface area (Å²) in [4.78, 5) is 24.0. The van der Waals surface area contributed by atoms with Crippen LogP contribution in [0.5, 0.6) is 0 Å². The lowest BCUT2D eigenvalue weighted by Crippen LogP contribution is -2.44. The molecule has 2 saturated heterocycles. The average molecular weight is 607 g/mol. The van der Waals surface area contributed by atoms with Crippen LogP contribution < -0.4 is 15.1 Å². The molecule has 1 amide bonds. The summed E-state index contributed by atoms with van der Waals surface area (Å²) >= 11 is 0. The fraction of sp³-hybridized carbons (Fsp3) is 0.355. The molecule has 0 bridgehead atoms. The van der Waals surface area contributed by atoms with Gasteiger partial charge in [-0.15, -0.1) is 5.10 Å². The molecular weight excluding hydrogens is 573 g/mol. The first-order chi connectivity index (χ1) is 21.1. The number of rotatable bonds is 6. The lowest BCUT2D eigenvalue weighted by molar-refractivity contribution is -0.137. The van der Waals surface area contributed by atoms with E-state index in [0.29, 0.717) is 43.4 Å². The van der Waals surface area contributed by atoms with Crippen LogP contribution in [0.15, 0.2) is 61.1 Å². The molecule has 0 radical (unpaired) electrons. The van der Waals surface area contributed by atoms with E-state index in [1.54, 1.807) is 41.3 Å². The Labute approximate surface area is 253 Å². The fourth-order valence-electron chi connectivity index (χ4n) is 5.37. The Balaban J connectivity index is 1.23. The first-order valence-corrected chi connectivity index (χ1v) is 14.4. The molecule has 6 rings (SSSR count). The molecule has 1 N–H and O–H groups in total. The first kappa shape index (κ1) is 29.6. The zero-order chi connectivity index (χ0) is 30.8. The van der Waals surface area contributed by atoms with E-state index in [4.69, 9.17) is 4.74 Å². The predicted octanol–water partition coefficient (Wildman–Crippen LogP) is 4.50. The Morgan fingerprint density at radius 2 is 1.66 bits per heavy atom. The number of nitrogens with zero attached hydrogens (tertiary/aromatic N) is 7. The molecule has 0 atom stereocenters. The Morgan fingerprint density at radius 3 is 2.41 bits per heavy atom. The van der Waals surface area contributed by atoms with Crippen LogP contribution >= 0.6 is 0 Å². The second kappa shape index (κ2) is 12.2. The van der Waals surface area contributed by atoms with E-state index in [9.17, 15) is 18.0 Å². The third kappa shape index (κ3) is 6.53. The number of carbonyl (C=O) groups excluding carboxylic acids is 1. The Bertz CT molecular complexity index is 1640. The van der Waals surface area contributed by atoms with Crippen LogP contribution in [0, 0.1) is 6.92 Å². The summed E-state index contributed by atoms with van der Waals surface area (Å²) in [5.74, 6) is -0.530. The molecule has 2 aromatic heterocycles. The molecule has 13 heteroatoms. The van der Waals surface area contributed by atoms with Crippen LogP contribution in [0.3, 0.4) is 0 Å². The van der Waals surface area contributed by atoms with E-state index < -0.39 is 17.6 Å². The molecule has 4 aromatic rings. The average Bonchev–Trinajstić information content (AvgIpc) is 3.52. The van der Waals surface area contributed by atoms with Gasteiger partial charge in [-0.05, 0) is 55.9 Å². The summed E-state index contributed by atoms with van der Waals surface area (Å²) < 4.78 is 48.4. The number of pyridine rings is 1. The van der Waals surface area contributed by atoms with Gasteiger partial charge in [0, 0.05) is 68.0 Å². The van der Waals surface area contributed by atoms with E-state index in [2.05, 4.69) is 30.4 Å². The quantitative estimate of drug-likeness (QED) is 0.343. The number of nitrogens with one attached hydrogen (secondary N) is 1. The van der Waals surface area contributed by atoms with Gasteiger partial charge in [0.2, 0.25) is 0 Å². The molecule has 0 spiro atoms. The van der Waals surface area contributed by atoms with Crippen molar-refractivity contribution in [1.82, 2.24) is 24.9 Å². The van der Waals surface area contributed by atoms with Crippen LogP contribution in [-0.2, 0) is 10.9 Å². The van der Waals surface area contributed by atoms with Gasteiger partial charge in [-0.2, -0.15) is 13.2 Å². The van der Waals surface area contributed by atoms with Gasteiger partial charge in [0.1, 0.15) is 5.69 Å². The topological polar surface area (TPSA) is 91.7 Å². The molecule has 2 aliphatic rings. The number of hydrogen-bond acceptors (Lipinski definition) is 8. The van der Waals surface area contributed by atoms with Crippen molar-refractivity contribution in [3.8, 4) is 16.9 Å². The van der Waals surface area contributed by atoms with E-state index in [-0.39, 0.29) is 11.3 Å². The second-order valence-electron chi connectivity index (χ2n) is 11.1. The lowest BCUT2D eigenvalue weighted by Gasteiger charge is -2.34. The number of hydrogen-bond donors (Lipinski definition) is 1. The number of halogens is 3. The van der Waals surface area contributed by atoms with Gasteiger partial charge >= 0.3 is 6.18 Å². The largest absolute Gasteiger partial charge is 0.416 e. The maximum Gasteiger partial charge on any atom is 0.416 e. The lowest BCUT2D eigenvalue weighted by atomic mass is 10.1. The van der Waals surface area contributed by atoms with Crippen LogP contribution in [-0.4, -0.2) is 90.3 Å². The predicted molar refractivity (Wildman–Crippen MR) is 161 cm³/mol. The second-order valence-corrected chi connectivity index (χ2v) is 11.1. The summed E-state index contributed by atoms with van der Waals surface area (Å²) in [6, 6.07) is 10.8. The summed E-state index contributed by atoms with van der Waals surface area (Å²) in [7, 11) is 1.98. The van der Waals surface area contributed by atoms with Crippen molar-refractivity contribution in [2.45, 2.75) is 13.1 Å². The molecule has 4 heterocycles. The Kier molecular flexibility index (Phi) is 8.23. The number of amides is 1. The van der Waals surface area contributed by atoms with Gasteiger partial charge in [0.15, 0.2) is 0 Å². The van der Waals surface area contributed by atoms with Crippen LogP contribution in [0.4, 0.5) is 30.2 Å². The SMILES string of the molecule is Cc1ccc(C(=O)Nc2cc(N3CCN(C)CC3)cc(C(F)(F)F)c2)cc1-n1cc(-c2cncc(N3CCOCC3)c2)nn1. The fourth-order valence-corrected chi connectivity index (χ4v) is 5.37. The molecule has 44 heavy (non-hydrogen) atoms. The Morgan fingerprint density at radius 1 is 0.909 bits per heavy atom. The van der Waals surface area contributed by atoms with Crippen molar-refractivity contribution < 1.29 is 22.7 Å². The van der Waals surface area contributed by atoms with Crippen molar-refractivity contribution in [1.29, 1.82) is 0 Å². The zero-order valence-corrected chi connectivity index (χ0v) is 24.5. The van der Waals surface area contributed by atoms with Gasteiger partial charge in [0.05, 0.1) is 42.5 Å².